The summed E-state index contributed by atoms with van der Waals surface area (Å²) in [5, 5.41) is 4.58. The van der Waals surface area contributed by atoms with E-state index in [0.717, 1.165) is 12.1 Å². The molecule has 1 aromatic heterocycles. The van der Waals surface area contributed by atoms with Gasteiger partial charge >= 0.3 is 6.18 Å². The topological polar surface area (TPSA) is 24.9 Å². The van der Waals surface area contributed by atoms with E-state index < -0.39 is 11.7 Å². The van der Waals surface area contributed by atoms with Crippen LogP contribution in [0.4, 0.5) is 24.7 Å². The molecule has 0 fully saturated rings. The second kappa shape index (κ2) is 4.13. The quantitative estimate of drug-likeness (QED) is 0.869. The lowest BCUT2D eigenvalue weighted by atomic mass is 10.2. The van der Waals surface area contributed by atoms with Gasteiger partial charge in [-0.1, -0.05) is 0 Å². The van der Waals surface area contributed by atoms with E-state index in [-0.39, 0.29) is 0 Å². The molecule has 0 atom stereocenters. The summed E-state index contributed by atoms with van der Waals surface area (Å²) >= 11 is 1.29. The molecule has 16 heavy (non-hydrogen) atoms. The van der Waals surface area contributed by atoms with Gasteiger partial charge < -0.3 is 5.32 Å². The Labute approximate surface area is 93.8 Å². The zero-order valence-corrected chi connectivity index (χ0v) is 8.69. The van der Waals surface area contributed by atoms with Crippen LogP contribution in [0.5, 0.6) is 0 Å². The molecule has 0 bridgehead atoms. The van der Waals surface area contributed by atoms with Crippen molar-refractivity contribution < 1.29 is 13.2 Å². The van der Waals surface area contributed by atoms with Gasteiger partial charge in [0.05, 0.1) is 5.56 Å². The van der Waals surface area contributed by atoms with Gasteiger partial charge in [0.2, 0.25) is 0 Å². The highest BCUT2D eigenvalue weighted by Gasteiger charge is 2.29. The zero-order chi connectivity index (χ0) is 11.6. The number of hydrogen-bond acceptors (Lipinski definition) is 3. The predicted molar refractivity (Wildman–Crippen MR) is 55.7 cm³/mol. The Hall–Kier alpha value is -1.56. The van der Waals surface area contributed by atoms with E-state index in [4.69, 9.17) is 0 Å². The molecule has 0 aliphatic carbocycles. The summed E-state index contributed by atoms with van der Waals surface area (Å²) in [4.78, 5) is 3.84. The SMILES string of the molecule is FC(F)(F)c1ccc(Nc2cs[c]n2)cc1. The highest BCUT2D eigenvalue weighted by atomic mass is 32.1. The number of aromatic nitrogens is 1. The smallest absolute Gasteiger partial charge is 0.340 e. The minimum atomic E-state index is -4.30. The van der Waals surface area contributed by atoms with Crippen molar-refractivity contribution in [3.8, 4) is 0 Å². The average molecular weight is 243 g/mol. The first-order chi connectivity index (χ1) is 7.55. The molecule has 0 aliphatic heterocycles. The summed E-state index contributed by atoms with van der Waals surface area (Å²) in [5.41, 5.74) is 2.53. The van der Waals surface area contributed by atoms with Crippen LogP contribution in [0.3, 0.4) is 0 Å². The van der Waals surface area contributed by atoms with Crippen molar-refractivity contribution in [1.29, 1.82) is 0 Å². The second-order valence-corrected chi connectivity index (χ2v) is 3.68. The number of nitrogens with zero attached hydrogens (tertiary/aromatic N) is 1. The van der Waals surface area contributed by atoms with Gasteiger partial charge in [-0.05, 0) is 24.3 Å². The number of alkyl halides is 3. The average Bonchev–Trinajstić information content (AvgIpc) is 2.70. The fourth-order valence-electron chi connectivity index (χ4n) is 1.13. The van der Waals surface area contributed by atoms with Gasteiger partial charge in [-0.2, -0.15) is 13.2 Å². The lowest BCUT2D eigenvalue weighted by molar-refractivity contribution is -0.137. The summed E-state index contributed by atoms with van der Waals surface area (Å²) in [7, 11) is 0. The first-order valence-corrected chi connectivity index (χ1v) is 5.19. The van der Waals surface area contributed by atoms with Crippen molar-refractivity contribution in [3.63, 3.8) is 0 Å². The summed E-state index contributed by atoms with van der Waals surface area (Å²) in [6.45, 7) is 0. The highest BCUT2D eigenvalue weighted by molar-refractivity contribution is 7.07. The van der Waals surface area contributed by atoms with E-state index in [1.165, 1.54) is 23.5 Å². The largest absolute Gasteiger partial charge is 0.416 e. The van der Waals surface area contributed by atoms with Crippen LogP contribution in [-0.4, -0.2) is 4.98 Å². The number of thiazole rings is 1. The van der Waals surface area contributed by atoms with E-state index >= 15 is 0 Å². The maximum absolute atomic E-state index is 12.3. The van der Waals surface area contributed by atoms with Crippen molar-refractivity contribution in [2.24, 2.45) is 0 Å². The lowest BCUT2D eigenvalue weighted by Gasteiger charge is -2.07. The van der Waals surface area contributed by atoms with Gasteiger partial charge in [-0.25, -0.2) is 4.98 Å². The van der Waals surface area contributed by atoms with Gasteiger partial charge in [-0.3, -0.25) is 0 Å². The molecular formula is C10H6F3N2S. The van der Waals surface area contributed by atoms with Crippen molar-refractivity contribution in [2.45, 2.75) is 6.18 Å². The maximum Gasteiger partial charge on any atom is 0.416 e. The summed E-state index contributed by atoms with van der Waals surface area (Å²) in [6.07, 6.45) is -4.30. The van der Waals surface area contributed by atoms with Crippen molar-refractivity contribution in [2.75, 3.05) is 5.32 Å². The molecule has 1 radical (unpaired) electrons. The van der Waals surface area contributed by atoms with E-state index in [2.05, 4.69) is 15.8 Å². The monoisotopic (exact) mass is 243 g/mol. The Morgan fingerprint density at radius 3 is 2.38 bits per heavy atom. The molecule has 0 saturated heterocycles. The summed E-state index contributed by atoms with van der Waals surface area (Å²) in [6, 6.07) is 4.78. The predicted octanol–water partition coefficient (Wildman–Crippen LogP) is 3.71. The van der Waals surface area contributed by atoms with Gasteiger partial charge in [0.25, 0.3) is 0 Å². The number of anilines is 2. The Morgan fingerprint density at radius 1 is 1.19 bits per heavy atom. The Morgan fingerprint density at radius 2 is 1.88 bits per heavy atom. The third kappa shape index (κ3) is 2.52. The number of benzene rings is 1. The van der Waals surface area contributed by atoms with Crippen LogP contribution in [0.25, 0.3) is 0 Å². The van der Waals surface area contributed by atoms with E-state index in [9.17, 15) is 13.2 Å². The molecule has 2 rings (SSSR count). The third-order valence-corrected chi connectivity index (χ3v) is 2.41. The molecule has 6 heteroatoms. The van der Waals surface area contributed by atoms with E-state index in [0.29, 0.717) is 11.5 Å². The lowest BCUT2D eigenvalue weighted by Crippen LogP contribution is -2.04. The van der Waals surface area contributed by atoms with Crippen LogP contribution in [0, 0.1) is 5.51 Å². The molecule has 0 saturated carbocycles. The Bertz CT molecular complexity index is 448. The molecule has 2 aromatic rings. The molecule has 83 valence electrons. The molecule has 1 aromatic carbocycles. The van der Waals surface area contributed by atoms with Crippen molar-refractivity contribution >= 4 is 22.8 Å². The minimum Gasteiger partial charge on any atom is -0.340 e. The number of halogens is 3. The highest BCUT2D eigenvalue weighted by Crippen LogP contribution is 2.30. The number of hydrogen-bond donors (Lipinski definition) is 1. The fourth-order valence-corrected chi connectivity index (χ4v) is 1.56. The molecule has 0 unspecified atom stereocenters. The molecule has 2 nitrogen and oxygen atoms in total. The fraction of sp³-hybridized carbons (Fsp3) is 0.100. The van der Waals surface area contributed by atoms with Crippen LogP contribution in [0.15, 0.2) is 29.6 Å². The van der Waals surface area contributed by atoms with Gasteiger partial charge in [-0.15, -0.1) is 11.3 Å². The van der Waals surface area contributed by atoms with Crippen LogP contribution in [0.2, 0.25) is 0 Å². The number of rotatable bonds is 2. The molecule has 0 aliphatic rings. The van der Waals surface area contributed by atoms with Crippen LogP contribution in [-0.2, 0) is 6.18 Å². The van der Waals surface area contributed by atoms with Gasteiger partial charge in [0.15, 0.2) is 5.51 Å². The standard InChI is InChI=1S/C10H6F3N2S/c11-10(12,13)7-1-3-8(4-2-7)15-9-5-16-6-14-9/h1-5,15H. The van der Waals surface area contributed by atoms with Crippen molar-refractivity contribution in [1.82, 2.24) is 4.98 Å². The first kappa shape index (κ1) is 10.9. The van der Waals surface area contributed by atoms with Crippen molar-refractivity contribution in [3.05, 3.63) is 40.7 Å². The second-order valence-electron chi connectivity index (χ2n) is 3.02. The Kier molecular flexibility index (Phi) is 2.82. The van der Waals surface area contributed by atoms with Crippen LogP contribution >= 0.6 is 11.3 Å². The summed E-state index contributed by atoms with van der Waals surface area (Å²) in [5.74, 6) is 0.574. The summed E-state index contributed by atoms with van der Waals surface area (Å²) < 4.78 is 36.8. The van der Waals surface area contributed by atoms with Gasteiger partial charge in [0, 0.05) is 11.1 Å². The van der Waals surface area contributed by atoms with E-state index in [1.54, 1.807) is 5.38 Å². The molecule has 0 amide bonds. The maximum atomic E-state index is 12.3. The third-order valence-electron chi connectivity index (χ3n) is 1.87. The Balaban J connectivity index is 2.14. The van der Waals surface area contributed by atoms with E-state index in [1.807, 2.05) is 0 Å². The normalized spacial score (nSPS) is 11.4. The first-order valence-electron chi connectivity index (χ1n) is 4.31. The van der Waals surface area contributed by atoms with Crippen LogP contribution in [0.1, 0.15) is 5.56 Å². The molecular weight excluding hydrogens is 237 g/mol. The molecule has 1 N–H and O–H groups in total. The number of nitrogens with one attached hydrogen (secondary N) is 1. The molecule has 0 spiro atoms. The molecule has 1 heterocycles. The van der Waals surface area contributed by atoms with Crippen LogP contribution < -0.4 is 5.32 Å². The minimum absolute atomic E-state index is 0.562. The van der Waals surface area contributed by atoms with Gasteiger partial charge in [0.1, 0.15) is 5.82 Å². The zero-order valence-electron chi connectivity index (χ0n) is 7.88.